The van der Waals surface area contributed by atoms with Crippen molar-refractivity contribution in [1.82, 2.24) is 4.98 Å². The van der Waals surface area contributed by atoms with E-state index in [1.807, 2.05) is 0 Å². The molecule has 1 aliphatic rings. The van der Waals surface area contributed by atoms with E-state index < -0.39 is 16.2 Å². The summed E-state index contributed by atoms with van der Waals surface area (Å²) in [5.74, 6) is 0.153. The normalized spacial score (nSPS) is 15.7. The van der Waals surface area contributed by atoms with Crippen LogP contribution in [0, 0.1) is 6.92 Å². The molecule has 30 heavy (non-hydrogen) atoms. The summed E-state index contributed by atoms with van der Waals surface area (Å²) >= 11 is 0.890. The van der Waals surface area contributed by atoms with E-state index in [1.54, 1.807) is 48.5 Å². The van der Waals surface area contributed by atoms with Crippen LogP contribution in [0.5, 0.6) is 0 Å². The zero-order chi connectivity index (χ0) is 21.5. The fraction of sp³-hybridized carbons (Fsp3) is 0.167. The number of nitrogens with zero attached hydrogens (tertiary/aromatic N) is 3. The predicted molar refractivity (Wildman–Crippen MR) is 115 cm³/mol. The molecule has 2 aromatic heterocycles. The molecule has 1 unspecified atom stereocenters. The standard InChI is InChI=1S/C18H18N6O4S2/c1-10-17(29-18(21-10)22-11(2)25)30(26,27)23-12-3-5-13(6-4-12)24-9-20-16-14(15(24)19)7-8-28-16/h3-9,15,23H,19H2,1-2H3,(H,21,22,25). The van der Waals surface area contributed by atoms with Gasteiger partial charge in [0, 0.05) is 18.3 Å². The number of nitrogens with two attached hydrogens (primary N) is 1. The minimum absolute atomic E-state index is 0.0352. The van der Waals surface area contributed by atoms with E-state index in [-0.39, 0.29) is 15.2 Å². The average Bonchev–Trinajstić information content (AvgIpc) is 3.29. The highest BCUT2D eigenvalue weighted by molar-refractivity contribution is 7.94. The van der Waals surface area contributed by atoms with Crippen LogP contribution in [0.15, 0.2) is 50.2 Å². The minimum atomic E-state index is -3.86. The second-order valence-electron chi connectivity index (χ2n) is 6.50. The second kappa shape index (κ2) is 7.55. The number of aromatic nitrogens is 1. The molecule has 1 aliphatic heterocycles. The van der Waals surface area contributed by atoms with Crippen LogP contribution in [0.3, 0.4) is 0 Å². The topological polar surface area (TPSA) is 143 Å². The van der Waals surface area contributed by atoms with E-state index in [1.165, 1.54) is 13.2 Å². The Kier molecular flexibility index (Phi) is 5.05. The molecule has 0 saturated carbocycles. The largest absolute Gasteiger partial charge is 0.446 e. The molecule has 4 rings (SSSR count). The summed E-state index contributed by atoms with van der Waals surface area (Å²) in [6, 6.07) is 8.49. The zero-order valence-electron chi connectivity index (χ0n) is 16.0. The number of rotatable bonds is 5. The molecule has 1 atom stereocenters. The first-order chi connectivity index (χ1) is 14.2. The van der Waals surface area contributed by atoms with E-state index in [0.29, 0.717) is 17.3 Å². The Labute approximate surface area is 176 Å². The monoisotopic (exact) mass is 446 g/mol. The number of benzene rings is 1. The van der Waals surface area contributed by atoms with Gasteiger partial charge in [0.05, 0.1) is 17.5 Å². The third-order valence-corrected chi connectivity index (χ3v) is 7.35. The van der Waals surface area contributed by atoms with Gasteiger partial charge in [-0.15, -0.1) is 0 Å². The minimum Gasteiger partial charge on any atom is -0.446 e. The van der Waals surface area contributed by atoms with Crippen LogP contribution in [-0.4, -0.2) is 25.6 Å². The van der Waals surface area contributed by atoms with Gasteiger partial charge in [-0.3, -0.25) is 9.52 Å². The molecule has 0 radical (unpaired) electrons. The lowest BCUT2D eigenvalue weighted by atomic mass is 10.2. The smallest absolute Gasteiger partial charge is 0.273 e. The van der Waals surface area contributed by atoms with Crippen LogP contribution in [0.4, 0.5) is 22.4 Å². The van der Waals surface area contributed by atoms with Crippen LogP contribution in [0.2, 0.25) is 0 Å². The number of hydrogen-bond acceptors (Lipinski definition) is 9. The number of furan rings is 1. The fourth-order valence-corrected chi connectivity index (χ4v) is 5.46. The molecule has 3 heterocycles. The van der Waals surface area contributed by atoms with Gasteiger partial charge < -0.3 is 20.4 Å². The molecule has 3 aromatic rings. The number of fused-ring (bicyclic) bond motifs is 1. The van der Waals surface area contributed by atoms with Gasteiger partial charge in [-0.25, -0.2) is 18.4 Å². The van der Waals surface area contributed by atoms with Crippen LogP contribution in [0.1, 0.15) is 24.3 Å². The summed E-state index contributed by atoms with van der Waals surface area (Å²) in [6.07, 6.45) is 2.63. The van der Waals surface area contributed by atoms with Crippen LogP contribution in [0.25, 0.3) is 0 Å². The van der Waals surface area contributed by atoms with Crippen molar-refractivity contribution in [2.45, 2.75) is 24.2 Å². The first kappa shape index (κ1) is 20.1. The molecular weight excluding hydrogens is 428 g/mol. The van der Waals surface area contributed by atoms with Crippen LogP contribution >= 0.6 is 11.3 Å². The molecule has 0 aliphatic carbocycles. The highest BCUT2D eigenvalue weighted by atomic mass is 32.2. The van der Waals surface area contributed by atoms with Crippen LogP contribution < -0.4 is 20.7 Å². The van der Waals surface area contributed by atoms with E-state index in [2.05, 4.69) is 20.0 Å². The Morgan fingerprint density at radius 3 is 2.70 bits per heavy atom. The Bertz CT molecular complexity index is 1230. The zero-order valence-corrected chi connectivity index (χ0v) is 17.6. The van der Waals surface area contributed by atoms with Gasteiger partial charge in [-0.2, -0.15) is 0 Å². The van der Waals surface area contributed by atoms with E-state index >= 15 is 0 Å². The second-order valence-corrected chi connectivity index (χ2v) is 9.38. The molecule has 156 valence electrons. The van der Waals surface area contributed by atoms with Crippen molar-refractivity contribution in [3.8, 4) is 0 Å². The maximum Gasteiger partial charge on any atom is 0.273 e. The molecule has 12 heteroatoms. The summed E-state index contributed by atoms with van der Waals surface area (Å²) in [5, 5.41) is 2.72. The number of aryl methyl sites for hydroxylation is 1. The maximum atomic E-state index is 12.8. The number of sulfonamides is 1. The van der Waals surface area contributed by atoms with Crippen molar-refractivity contribution >= 4 is 56.0 Å². The Balaban J connectivity index is 1.52. The molecular formula is C18H18N6O4S2. The number of nitrogens with one attached hydrogen (secondary N) is 2. The predicted octanol–water partition coefficient (Wildman–Crippen LogP) is 2.94. The number of hydrogen-bond donors (Lipinski definition) is 3. The number of amides is 1. The molecule has 0 fully saturated rings. The van der Waals surface area contributed by atoms with Gasteiger partial charge in [0.1, 0.15) is 12.5 Å². The van der Waals surface area contributed by atoms with Crippen molar-refractivity contribution in [2.24, 2.45) is 10.7 Å². The van der Waals surface area contributed by atoms with Crippen molar-refractivity contribution in [1.29, 1.82) is 0 Å². The molecule has 10 nitrogen and oxygen atoms in total. The third kappa shape index (κ3) is 3.79. The quantitative estimate of drug-likeness (QED) is 0.547. The summed E-state index contributed by atoms with van der Waals surface area (Å²) in [6.45, 7) is 2.90. The summed E-state index contributed by atoms with van der Waals surface area (Å²) < 4.78 is 33.3. The summed E-state index contributed by atoms with van der Waals surface area (Å²) in [4.78, 5) is 21.2. The van der Waals surface area contributed by atoms with Gasteiger partial charge in [0.25, 0.3) is 10.0 Å². The van der Waals surface area contributed by atoms with Gasteiger partial charge in [0.15, 0.2) is 9.34 Å². The first-order valence-electron chi connectivity index (χ1n) is 8.78. The van der Waals surface area contributed by atoms with Gasteiger partial charge in [0.2, 0.25) is 11.8 Å². The lowest BCUT2D eigenvalue weighted by molar-refractivity contribution is -0.114. The summed E-state index contributed by atoms with van der Waals surface area (Å²) in [7, 11) is -3.86. The molecule has 4 N–H and O–H groups in total. The Hall–Kier alpha value is -3.22. The van der Waals surface area contributed by atoms with E-state index in [0.717, 1.165) is 22.6 Å². The van der Waals surface area contributed by atoms with Crippen LogP contribution in [-0.2, 0) is 14.8 Å². The average molecular weight is 447 g/mol. The number of thiazole rings is 1. The van der Waals surface area contributed by atoms with Crippen molar-refractivity contribution in [3.63, 3.8) is 0 Å². The summed E-state index contributed by atoms with van der Waals surface area (Å²) in [5.41, 5.74) is 8.44. The van der Waals surface area contributed by atoms with E-state index in [4.69, 9.17) is 10.2 Å². The van der Waals surface area contributed by atoms with Gasteiger partial charge in [-0.1, -0.05) is 11.3 Å². The third-order valence-electron chi connectivity index (χ3n) is 4.29. The molecule has 1 aromatic carbocycles. The molecule has 1 amide bonds. The van der Waals surface area contributed by atoms with Crippen molar-refractivity contribution < 1.29 is 17.6 Å². The Morgan fingerprint density at radius 1 is 1.27 bits per heavy atom. The molecule has 0 bridgehead atoms. The highest BCUT2D eigenvalue weighted by Gasteiger charge is 2.25. The number of carbonyl (C=O) groups is 1. The molecule has 0 spiro atoms. The number of aliphatic imine (C=N–C) groups is 1. The van der Waals surface area contributed by atoms with Crippen molar-refractivity contribution in [3.05, 3.63) is 47.9 Å². The van der Waals surface area contributed by atoms with Gasteiger partial charge >= 0.3 is 0 Å². The lowest BCUT2D eigenvalue weighted by Crippen LogP contribution is -2.35. The van der Waals surface area contributed by atoms with Gasteiger partial charge in [-0.05, 0) is 37.3 Å². The SMILES string of the molecule is CC(=O)Nc1nc(C)c(S(=O)(=O)Nc2ccc(N3C=Nc4occc4C3N)cc2)s1. The molecule has 0 saturated heterocycles. The number of anilines is 3. The first-order valence-corrected chi connectivity index (χ1v) is 11.1. The highest BCUT2D eigenvalue weighted by Crippen LogP contribution is 2.34. The fourth-order valence-electron chi connectivity index (χ4n) is 2.94. The Morgan fingerprint density at radius 2 is 2.00 bits per heavy atom. The van der Waals surface area contributed by atoms with Crippen molar-refractivity contribution in [2.75, 3.05) is 14.9 Å². The van der Waals surface area contributed by atoms with E-state index in [9.17, 15) is 13.2 Å². The lowest BCUT2D eigenvalue weighted by Gasteiger charge is -2.29. The number of carbonyl (C=O) groups excluding carboxylic acids is 1. The maximum absolute atomic E-state index is 12.8.